The summed E-state index contributed by atoms with van der Waals surface area (Å²) in [6.45, 7) is 8.00. The van der Waals surface area contributed by atoms with Gasteiger partial charge in [-0.15, -0.1) is 0 Å². The summed E-state index contributed by atoms with van der Waals surface area (Å²) in [4.78, 5) is 12.7. The smallest absolute Gasteiger partial charge is 0.369 e. The maximum Gasteiger partial charge on any atom is 0.430 e. The van der Waals surface area contributed by atoms with Gasteiger partial charge in [-0.25, -0.2) is 0 Å². The number of fused-ring (bicyclic) bond motifs is 2. The van der Waals surface area contributed by atoms with Crippen LogP contribution in [0.4, 0.5) is 13.2 Å². The molecule has 2 bridgehead atoms. The quantitative estimate of drug-likeness (QED) is 0.844. The molecule has 0 radical (unpaired) electrons. The lowest BCUT2D eigenvalue weighted by atomic mass is 9.69. The van der Waals surface area contributed by atoms with Crippen molar-refractivity contribution in [1.29, 1.82) is 0 Å². The molecule has 1 amide bonds. The first-order chi connectivity index (χ1) is 11.8. The van der Waals surface area contributed by atoms with Gasteiger partial charge in [-0.05, 0) is 42.9 Å². The predicted octanol–water partition coefficient (Wildman–Crippen LogP) is 4.08. The molecule has 1 unspecified atom stereocenters. The van der Waals surface area contributed by atoms with Crippen LogP contribution in [0.5, 0.6) is 0 Å². The number of halogens is 3. The second-order valence-corrected chi connectivity index (χ2v) is 8.71. The Hall–Kier alpha value is -1.56. The Bertz CT molecular complexity index is 713. The van der Waals surface area contributed by atoms with Crippen LogP contribution in [0.3, 0.4) is 0 Å². The molecule has 144 valence electrons. The van der Waals surface area contributed by atoms with Crippen LogP contribution in [-0.4, -0.2) is 23.2 Å². The number of carbonyl (C=O) groups excluding carboxylic acids is 1. The summed E-state index contributed by atoms with van der Waals surface area (Å²) < 4.78 is 41.2. The SMILES string of the molecule is Cc1ccc(C(O)(C(=O)N[C@@H]2C[C@H]3CC[C@]2(C)C3(C)C)C(F)(F)F)cc1. The van der Waals surface area contributed by atoms with E-state index in [1.165, 1.54) is 12.1 Å². The van der Waals surface area contributed by atoms with E-state index in [0.717, 1.165) is 30.5 Å². The van der Waals surface area contributed by atoms with Crippen molar-refractivity contribution in [3.05, 3.63) is 35.4 Å². The fourth-order valence-corrected chi connectivity index (χ4v) is 4.90. The van der Waals surface area contributed by atoms with E-state index in [9.17, 15) is 23.1 Å². The van der Waals surface area contributed by atoms with Gasteiger partial charge in [0, 0.05) is 11.6 Å². The first kappa shape index (κ1) is 19.2. The Balaban J connectivity index is 1.92. The number of hydrogen-bond donors (Lipinski definition) is 2. The highest BCUT2D eigenvalue weighted by atomic mass is 19.4. The van der Waals surface area contributed by atoms with E-state index in [1.54, 1.807) is 6.92 Å². The normalized spacial score (nSPS) is 32.3. The number of aryl methyl sites for hydroxylation is 1. The number of carbonyl (C=O) groups is 1. The van der Waals surface area contributed by atoms with Crippen LogP contribution in [-0.2, 0) is 10.4 Å². The summed E-state index contributed by atoms with van der Waals surface area (Å²) >= 11 is 0. The highest BCUT2D eigenvalue weighted by molar-refractivity contribution is 5.87. The maximum atomic E-state index is 13.7. The summed E-state index contributed by atoms with van der Waals surface area (Å²) in [7, 11) is 0. The molecule has 0 aliphatic heterocycles. The van der Waals surface area contributed by atoms with Gasteiger partial charge in [-0.1, -0.05) is 50.6 Å². The van der Waals surface area contributed by atoms with Gasteiger partial charge in [0.15, 0.2) is 0 Å². The lowest BCUT2D eigenvalue weighted by Crippen LogP contribution is -2.58. The van der Waals surface area contributed by atoms with Crippen LogP contribution in [0.25, 0.3) is 0 Å². The maximum absolute atomic E-state index is 13.7. The van der Waals surface area contributed by atoms with E-state index >= 15 is 0 Å². The van der Waals surface area contributed by atoms with E-state index in [4.69, 9.17) is 0 Å². The molecule has 3 rings (SSSR count). The lowest BCUT2D eigenvalue weighted by molar-refractivity contribution is -0.257. The standard InChI is InChI=1S/C20H26F3NO2/c1-12-5-7-13(8-6-12)19(26,20(21,22)23)16(25)24-15-11-14-9-10-18(15,4)17(14,2)3/h5-8,14-15,26H,9-11H2,1-4H3,(H,24,25)/t14-,15-,18+,19?/m1/s1. The first-order valence-corrected chi connectivity index (χ1v) is 9.01. The molecule has 2 fully saturated rings. The number of rotatable bonds is 3. The highest BCUT2D eigenvalue weighted by Crippen LogP contribution is 2.65. The zero-order valence-electron chi connectivity index (χ0n) is 15.6. The average Bonchev–Trinajstić information content (AvgIpc) is 2.87. The minimum absolute atomic E-state index is 0.0504. The van der Waals surface area contributed by atoms with Crippen molar-refractivity contribution >= 4 is 5.91 Å². The van der Waals surface area contributed by atoms with Crippen molar-refractivity contribution < 1.29 is 23.1 Å². The van der Waals surface area contributed by atoms with Gasteiger partial charge in [0.1, 0.15) is 0 Å². The van der Waals surface area contributed by atoms with E-state index in [1.807, 2.05) is 6.92 Å². The Kier molecular flexibility index (Phi) is 4.22. The van der Waals surface area contributed by atoms with Crippen molar-refractivity contribution in [2.24, 2.45) is 16.7 Å². The van der Waals surface area contributed by atoms with Crippen LogP contribution in [0.15, 0.2) is 24.3 Å². The van der Waals surface area contributed by atoms with Crippen LogP contribution in [0, 0.1) is 23.7 Å². The van der Waals surface area contributed by atoms with Gasteiger partial charge < -0.3 is 10.4 Å². The van der Waals surface area contributed by atoms with Gasteiger partial charge in [0.25, 0.3) is 11.5 Å². The third-order valence-electron chi connectivity index (χ3n) is 7.31. The monoisotopic (exact) mass is 369 g/mol. The number of alkyl halides is 3. The minimum atomic E-state index is -5.11. The van der Waals surface area contributed by atoms with Crippen molar-refractivity contribution in [2.75, 3.05) is 0 Å². The number of nitrogens with one attached hydrogen (secondary N) is 1. The lowest BCUT2D eigenvalue weighted by Gasteiger charge is -2.41. The Morgan fingerprint density at radius 2 is 1.77 bits per heavy atom. The molecule has 6 heteroatoms. The Morgan fingerprint density at radius 1 is 1.19 bits per heavy atom. The molecule has 1 aromatic carbocycles. The second kappa shape index (κ2) is 5.72. The summed E-state index contributed by atoms with van der Waals surface area (Å²) in [5.74, 6) is -1.01. The number of amides is 1. The Labute approximate surface area is 152 Å². The molecule has 2 aliphatic rings. The summed E-state index contributed by atoms with van der Waals surface area (Å²) in [5.41, 5.74) is -3.58. The van der Waals surface area contributed by atoms with Crippen LogP contribution in [0.1, 0.15) is 51.2 Å². The number of aliphatic hydroxyl groups is 1. The number of hydrogen-bond acceptors (Lipinski definition) is 2. The molecule has 0 saturated heterocycles. The zero-order chi connectivity index (χ0) is 19.5. The van der Waals surface area contributed by atoms with E-state index in [-0.39, 0.29) is 16.9 Å². The zero-order valence-corrected chi connectivity index (χ0v) is 15.6. The van der Waals surface area contributed by atoms with Gasteiger partial charge in [0.2, 0.25) is 0 Å². The fourth-order valence-electron chi connectivity index (χ4n) is 4.90. The topological polar surface area (TPSA) is 49.3 Å². The van der Waals surface area contributed by atoms with Gasteiger partial charge in [-0.3, -0.25) is 4.79 Å². The molecule has 1 aromatic rings. The van der Waals surface area contributed by atoms with Crippen LogP contribution in [0.2, 0.25) is 0 Å². The molecule has 0 aromatic heterocycles. The van der Waals surface area contributed by atoms with Crippen molar-refractivity contribution in [3.8, 4) is 0 Å². The van der Waals surface area contributed by atoms with Crippen molar-refractivity contribution in [3.63, 3.8) is 0 Å². The van der Waals surface area contributed by atoms with Gasteiger partial charge in [0.05, 0.1) is 0 Å². The fraction of sp³-hybridized carbons (Fsp3) is 0.650. The summed E-state index contributed by atoms with van der Waals surface area (Å²) in [6, 6.07) is 4.87. The molecule has 3 nitrogen and oxygen atoms in total. The third-order valence-corrected chi connectivity index (χ3v) is 7.31. The molecular formula is C20H26F3NO2. The Morgan fingerprint density at radius 3 is 2.19 bits per heavy atom. The largest absolute Gasteiger partial charge is 0.430 e. The highest BCUT2D eigenvalue weighted by Gasteiger charge is 2.65. The van der Waals surface area contributed by atoms with E-state index in [2.05, 4.69) is 19.2 Å². The van der Waals surface area contributed by atoms with Crippen molar-refractivity contribution in [2.45, 2.75) is 64.8 Å². The predicted molar refractivity (Wildman–Crippen MR) is 92.3 cm³/mol. The molecule has 2 N–H and O–H groups in total. The average molecular weight is 369 g/mol. The molecule has 4 atom stereocenters. The van der Waals surface area contributed by atoms with Crippen LogP contribution < -0.4 is 5.32 Å². The minimum Gasteiger partial charge on any atom is -0.369 e. The second-order valence-electron chi connectivity index (χ2n) is 8.71. The van der Waals surface area contributed by atoms with Gasteiger partial charge >= 0.3 is 6.18 Å². The summed E-state index contributed by atoms with van der Waals surface area (Å²) in [5, 5.41) is 13.0. The van der Waals surface area contributed by atoms with Gasteiger partial charge in [-0.2, -0.15) is 13.2 Å². The molecule has 0 heterocycles. The van der Waals surface area contributed by atoms with E-state index in [0.29, 0.717) is 12.3 Å². The third kappa shape index (κ3) is 2.48. The first-order valence-electron chi connectivity index (χ1n) is 9.01. The molecular weight excluding hydrogens is 343 g/mol. The molecule has 2 saturated carbocycles. The molecule has 26 heavy (non-hydrogen) atoms. The summed E-state index contributed by atoms with van der Waals surface area (Å²) in [6.07, 6.45) is -2.57. The molecule has 2 aliphatic carbocycles. The number of benzene rings is 1. The van der Waals surface area contributed by atoms with E-state index < -0.39 is 23.2 Å². The molecule has 0 spiro atoms. The van der Waals surface area contributed by atoms with Crippen molar-refractivity contribution in [1.82, 2.24) is 5.32 Å². The van der Waals surface area contributed by atoms with Crippen LogP contribution >= 0.6 is 0 Å².